The Balaban J connectivity index is 1.30. The first kappa shape index (κ1) is 29.9. The van der Waals surface area contributed by atoms with E-state index >= 15 is 0 Å². The van der Waals surface area contributed by atoms with Gasteiger partial charge in [0.05, 0.1) is 13.0 Å². The molecule has 1 saturated heterocycles. The van der Waals surface area contributed by atoms with Gasteiger partial charge in [-0.1, -0.05) is 60.7 Å². The summed E-state index contributed by atoms with van der Waals surface area (Å²) in [5, 5.41) is 10.6. The van der Waals surface area contributed by atoms with Gasteiger partial charge in [0, 0.05) is 37.8 Å². The summed E-state index contributed by atoms with van der Waals surface area (Å²) in [6.45, 7) is 3.13. The molecule has 11 heteroatoms. The Labute approximate surface area is 249 Å². The van der Waals surface area contributed by atoms with E-state index in [0.29, 0.717) is 25.1 Å². The Morgan fingerprint density at radius 1 is 1.02 bits per heavy atom. The zero-order valence-corrected chi connectivity index (χ0v) is 24.0. The van der Waals surface area contributed by atoms with Gasteiger partial charge in [0.15, 0.2) is 0 Å². The molecule has 3 amide bonds. The Kier molecular flexibility index (Phi) is 9.75. The Morgan fingerprint density at radius 3 is 2.63 bits per heavy atom. The lowest BCUT2D eigenvalue weighted by atomic mass is 10.1. The van der Waals surface area contributed by atoms with Crippen LogP contribution < -0.4 is 16.0 Å². The maximum absolute atomic E-state index is 13.8. The molecule has 2 aromatic carbocycles. The van der Waals surface area contributed by atoms with Gasteiger partial charge in [-0.3, -0.25) is 24.2 Å². The maximum Gasteiger partial charge on any atom is 0.310 e. The molecule has 2 aliphatic heterocycles. The molecule has 43 heavy (non-hydrogen) atoms. The van der Waals surface area contributed by atoms with Crippen molar-refractivity contribution in [2.75, 3.05) is 26.2 Å². The van der Waals surface area contributed by atoms with Crippen LogP contribution in [0.4, 0.5) is 0 Å². The minimum Gasteiger partial charge on any atom is -0.433 e. The van der Waals surface area contributed by atoms with Crippen LogP contribution in [0.1, 0.15) is 35.8 Å². The molecular formula is C32H35N5O6. The van der Waals surface area contributed by atoms with E-state index in [0.717, 1.165) is 16.5 Å². The highest BCUT2D eigenvalue weighted by Crippen LogP contribution is 2.19. The third-order valence-corrected chi connectivity index (χ3v) is 7.34. The van der Waals surface area contributed by atoms with Crippen LogP contribution in [0.2, 0.25) is 0 Å². The summed E-state index contributed by atoms with van der Waals surface area (Å²) in [7, 11) is 0. The number of hydrogen-bond donors (Lipinski definition) is 3. The molecule has 0 aliphatic carbocycles. The number of amides is 3. The van der Waals surface area contributed by atoms with E-state index in [1.54, 1.807) is 13.1 Å². The van der Waals surface area contributed by atoms with Crippen LogP contribution in [0, 0.1) is 0 Å². The number of carbonyl (C=O) groups excluding carboxylic acids is 4. The van der Waals surface area contributed by atoms with E-state index in [1.807, 2.05) is 66.7 Å². The lowest BCUT2D eigenvalue weighted by Crippen LogP contribution is -2.52. The number of aromatic nitrogens is 1. The highest BCUT2D eigenvalue weighted by molar-refractivity contribution is 6.06. The van der Waals surface area contributed by atoms with E-state index in [1.165, 1.54) is 4.90 Å². The minimum atomic E-state index is -0.903. The number of benzene rings is 2. The Hall–Kier alpha value is -4.61. The zero-order chi connectivity index (χ0) is 30.2. The molecule has 1 aromatic heterocycles. The van der Waals surface area contributed by atoms with Crippen molar-refractivity contribution in [1.29, 1.82) is 0 Å². The molecule has 0 radical (unpaired) electrons. The van der Waals surface area contributed by atoms with Crippen LogP contribution in [-0.2, 0) is 30.4 Å². The van der Waals surface area contributed by atoms with E-state index in [9.17, 15) is 19.2 Å². The summed E-state index contributed by atoms with van der Waals surface area (Å²) in [5.41, 5.74) is 2.25. The SMILES string of the molecule is CCOC1OC(=O)CC1NC(=O)CN1CC(CNCc2ccccc2)=CCC(NC(=O)c2nccc3ccccc23)C1=O. The van der Waals surface area contributed by atoms with E-state index < -0.39 is 42.1 Å². The van der Waals surface area contributed by atoms with Crippen LogP contribution in [0.3, 0.4) is 0 Å². The predicted octanol–water partition coefficient (Wildman–Crippen LogP) is 2.08. The van der Waals surface area contributed by atoms with E-state index in [4.69, 9.17) is 9.47 Å². The second kappa shape index (κ2) is 14.0. The number of cyclic esters (lactones) is 1. The second-order valence-electron chi connectivity index (χ2n) is 10.5. The van der Waals surface area contributed by atoms with Gasteiger partial charge in [0.2, 0.25) is 18.1 Å². The lowest BCUT2D eigenvalue weighted by Gasteiger charge is -2.26. The van der Waals surface area contributed by atoms with Crippen molar-refractivity contribution in [1.82, 2.24) is 25.8 Å². The van der Waals surface area contributed by atoms with Gasteiger partial charge >= 0.3 is 5.97 Å². The summed E-state index contributed by atoms with van der Waals surface area (Å²) < 4.78 is 10.6. The lowest BCUT2D eigenvalue weighted by molar-refractivity contribution is -0.164. The Bertz CT molecular complexity index is 1510. The predicted molar refractivity (Wildman–Crippen MR) is 158 cm³/mol. The molecule has 1 fully saturated rings. The number of ether oxygens (including phenoxy) is 2. The molecule has 0 saturated carbocycles. The molecule has 3 N–H and O–H groups in total. The largest absolute Gasteiger partial charge is 0.433 e. The average Bonchev–Trinajstić information content (AvgIpc) is 3.28. The van der Waals surface area contributed by atoms with Crippen molar-refractivity contribution >= 4 is 34.5 Å². The highest BCUT2D eigenvalue weighted by atomic mass is 16.7. The monoisotopic (exact) mass is 585 g/mol. The molecular weight excluding hydrogens is 550 g/mol. The topological polar surface area (TPSA) is 139 Å². The zero-order valence-electron chi connectivity index (χ0n) is 24.0. The van der Waals surface area contributed by atoms with Gasteiger partial charge in [-0.2, -0.15) is 0 Å². The van der Waals surface area contributed by atoms with Crippen LogP contribution in [0.5, 0.6) is 0 Å². The van der Waals surface area contributed by atoms with Crippen molar-refractivity contribution in [2.24, 2.45) is 0 Å². The van der Waals surface area contributed by atoms with Gasteiger partial charge in [0.25, 0.3) is 5.91 Å². The maximum atomic E-state index is 13.8. The minimum absolute atomic E-state index is 0.0182. The van der Waals surface area contributed by atoms with E-state index in [2.05, 4.69) is 20.9 Å². The molecule has 0 bridgehead atoms. The fraction of sp³-hybridized carbons (Fsp3) is 0.344. The third kappa shape index (κ3) is 7.62. The number of hydrogen-bond acceptors (Lipinski definition) is 8. The molecule has 3 unspecified atom stereocenters. The van der Waals surface area contributed by atoms with Crippen molar-refractivity contribution in [3.8, 4) is 0 Å². The van der Waals surface area contributed by atoms with Gasteiger partial charge in [0.1, 0.15) is 17.8 Å². The molecule has 224 valence electrons. The van der Waals surface area contributed by atoms with Crippen molar-refractivity contribution < 1.29 is 28.7 Å². The van der Waals surface area contributed by atoms with Crippen molar-refractivity contribution in [3.63, 3.8) is 0 Å². The summed E-state index contributed by atoms with van der Waals surface area (Å²) in [4.78, 5) is 57.8. The molecule has 3 heterocycles. The molecule has 3 atom stereocenters. The number of fused-ring (bicyclic) bond motifs is 1. The smallest absolute Gasteiger partial charge is 0.310 e. The first-order valence-corrected chi connectivity index (χ1v) is 14.4. The number of carbonyl (C=O) groups is 4. The highest BCUT2D eigenvalue weighted by Gasteiger charge is 2.37. The van der Waals surface area contributed by atoms with Gasteiger partial charge < -0.3 is 30.3 Å². The number of pyridine rings is 1. The summed E-state index contributed by atoms with van der Waals surface area (Å²) in [5.74, 6) is -1.78. The third-order valence-electron chi connectivity index (χ3n) is 7.34. The fourth-order valence-electron chi connectivity index (χ4n) is 5.26. The molecule has 0 spiro atoms. The van der Waals surface area contributed by atoms with Crippen LogP contribution in [-0.4, -0.2) is 78.2 Å². The van der Waals surface area contributed by atoms with Crippen LogP contribution in [0.25, 0.3) is 10.8 Å². The van der Waals surface area contributed by atoms with Gasteiger partial charge in [-0.05, 0) is 35.9 Å². The number of nitrogens with zero attached hydrogens (tertiary/aromatic N) is 2. The van der Waals surface area contributed by atoms with Crippen LogP contribution in [0.15, 0.2) is 78.5 Å². The normalized spacial score (nSPS) is 20.3. The Morgan fingerprint density at radius 2 is 1.81 bits per heavy atom. The summed E-state index contributed by atoms with van der Waals surface area (Å²) in [6, 6.07) is 17.6. The first-order chi connectivity index (χ1) is 20.9. The second-order valence-corrected chi connectivity index (χ2v) is 10.5. The number of esters is 1. The van der Waals surface area contributed by atoms with Crippen molar-refractivity contribution in [2.45, 2.75) is 44.7 Å². The quantitative estimate of drug-likeness (QED) is 0.230. The molecule has 3 aromatic rings. The van der Waals surface area contributed by atoms with Crippen LogP contribution >= 0.6 is 0 Å². The fourth-order valence-corrected chi connectivity index (χ4v) is 5.26. The van der Waals surface area contributed by atoms with E-state index in [-0.39, 0.29) is 31.6 Å². The molecule has 5 rings (SSSR count). The molecule has 11 nitrogen and oxygen atoms in total. The summed E-state index contributed by atoms with van der Waals surface area (Å²) in [6.07, 6.45) is 2.86. The van der Waals surface area contributed by atoms with Gasteiger partial charge in [-0.15, -0.1) is 0 Å². The van der Waals surface area contributed by atoms with Crippen molar-refractivity contribution in [3.05, 3.63) is 89.8 Å². The first-order valence-electron chi connectivity index (χ1n) is 14.4. The summed E-state index contributed by atoms with van der Waals surface area (Å²) >= 11 is 0. The standard InChI is InChI=1S/C32H35N5O6/c1-2-42-32-26(16-28(39)43-32)35-27(38)20-37-19-22(18-33-17-21-8-4-3-5-9-21)12-13-25(31(37)41)36-30(40)29-24-11-7-6-10-23(24)14-15-34-29/h3-12,14-15,25-26,32-33H,2,13,16-20H2,1H3,(H,35,38)(H,36,40). The average molecular weight is 586 g/mol. The van der Waals surface area contributed by atoms with Gasteiger partial charge in [-0.25, -0.2) is 0 Å². The number of rotatable bonds is 11. The number of nitrogens with one attached hydrogen (secondary N) is 3. The molecule has 2 aliphatic rings.